The summed E-state index contributed by atoms with van der Waals surface area (Å²) >= 11 is 5.60. The lowest BCUT2D eigenvalue weighted by molar-refractivity contribution is -0.384. The molecule has 9 heteroatoms. The van der Waals surface area contributed by atoms with Crippen LogP contribution in [0.4, 0.5) is 5.69 Å². The molecule has 0 saturated heterocycles. The average Bonchev–Trinajstić information content (AvgIpc) is 2.63. The summed E-state index contributed by atoms with van der Waals surface area (Å²) in [5.41, 5.74) is 0.253. The first-order valence-electron chi connectivity index (χ1n) is 4.11. The maximum Gasteiger partial charge on any atom is 0.315 e. The van der Waals surface area contributed by atoms with Gasteiger partial charge in [0.05, 0.1) is 11.1 Å². The van der Waals surface area contributed by atoms with Crippen LogP contribution >= 0.6 is 11.6 Å². The molecule has 0 aliphatic carbocycles. The summed E-state index contributed by atoms with van der Waals surface area (Å²) in [5.74, 6) is 0. The molecule has 0 N–H and O–H groups in total. The average molecular weight is 241 g/mol. The Bertz CT molecular complexity index is 554. The largest absolute Gasteiger partial charge is 0.315 e. The fraction of sp³-hybridized carbons (Fsp3) is 0.143. The van der Waals surface area contributed by atoms with E-state index in [1.165, 1.54) is 10.9 Å². The lowest BCUT2D eigenvalue weighted by Gasteiger charge is -2.01. The quantitative estimate of drug-likeness (QED) is 0.438. The van der Waals surface area contributed by atoms with Gasteiger partial charge in [0.25, 0.3) is 0 Å². The van der Waals surface area contributed by atoms with Gasteiger partial charge in [0.2, 0.25) is 5.28 Å². The minimum Gasteiger partial charge on any atom is -0.258 e. The number of aromatic nitrogens is 5. The zero-order valence-electron chi connectivity index (χ0n) is 8.03. The van der Waals surface area contributed by atoms with Gasteiger partial charge in [-0.25, -0.2) is 14.6 Å². The number of aryl methyl sites for hydroxylation is 1. The predicted octanol–water partition coefficient (Wildman–Crippen LogP) is 0.834. The van der Waals surface area contributed by atoms with E-state index in [0.29, 0.717) is 5.69 Å². The number of hydrogen-bond donors (Lipinski definition) is 0. The third-order valence-corrected chi connectivity index (χ3v) is 2.08. The summed E-state index contributed by atoms with van der Waals surface area (Å²) in [4.78, 5) is 17.6. The second-order valence-electron chi connectivity index (χ2n) is 2.87. The summed E-state index contributed by atoms with van der Waals surface area (Å²) in [6.07, 6.45) is 2.42. The van der Waals surface area contributed by atoms with Crippen LogP contribution in [0.15, 0.2) is 12.4 Å². The molecule has 2 aromatic rings. The summed E-state index contributed by atoms with van der Waals surface area (Å²) in [6.45, 7) is 0. The highest BCUT2D eigenvalue weighted by molar-refractivity contribution is 6.28. The molecule has 0 aromatic carbocycles. The lowest BCUT2D eigenvalue weighted by atomic mass is 10.3. The number of hydrogen-bond acceptors (Lipinski definition) is 6. The third-order valence-electron chi connectivity index (χ3n) is 1.89. The van der Waals surface area contributed by atoms with Crippen LogP contribution in [0.5, 0.6) is 0 Å². The zero-order chi connectivity index (χ0) is 11.7. The van der Waals surface area contributed by atoms with Crippen molar-refractivity contribution in [3.63, 3.8) is 0 Å². The van der Waals surface area contributed by atoms with E-state index in [1.807, 2.05) is 0 Å². The molecule has 2 rings (SSSR count). The molecule has 0 saturated carbocycles. The molecule has 0 fully saturated rings. The van der Waals surface area contributed by atoms with Gasteiger partial charge in [-0.1, -0.05) is 5.21 Å². The molecule has 0 bridgehead atoms. The van der Waals surface area contributed by atoms with E-state index < -0.39 is 4.92 Å². The first-order valence-corrected chi connectivity index (χ1v) is 4.49. The minimum atomic E-state index is -0.585. The zero-order valence-corrected chi connectivity index (χ0v) is 8.79. The van der Waals surface area contributed by atoms with Crippen LogP contribution in [-0.2, 0) is 7.05 Å². The molecule has 0 radical (unpaired) electrons. The smallest absolute Gasteiger partial charge is 0.258 e. The van der Waals surface area contributed by atoms with E-state index in [1.54, 1.807) is 7.05 Å². The molecule has 0 amide bonds. The van der Waals surface area contributed by atoms with Crippen molar-refractivity contribution < 1.29 is 4.92 Å². The van der Waals surface area contributed by atoms with Gasteiger partial charge in [-0.05, 0) is 11.6 Å². The first kappa shape index (κ1) is 10.4. The Morgan fingerprint density at radius 2 is 2.25 bits per heavy atom. The van der Waals surface area contributed by atoms with E-state index in [4.69, 9.17) is 11.6 Å². The summed E-state index contributed by atoms with van der Waals surface area (Å²) in [5, 5.41) is 18.0. The summed E-state index contributed by atoms with van der Waals surface area (Å²) < 4.78 is 1.37. The molecule has 2 heterocycles. The van der Waals surface area contributed by atoms with Crippen molar-refractivity contribution in [2.24, 2.45) is 7.05 Å². The maximum absolute atomic E-state index is 10.8. The topological polar surface area (TPSA) is 99.6 Å². The Balaban J connectivity index is 2.67. The van der Waals surface area contributed by atoms with Crippen molar-refractivity contribution in [3.05, 3.63) is 27.8 Å². The van der Waals surface area contributed by atoms with Crippen LogP contribution in [0.2, 0.25) is 5.28 Å². The molecule has 16 heavy (non-hydrogen) atoms. The van der Waals surface area contributed by atoms with Crippen LogP contribution in [0.25, 0.3) is 11.4 Å². The molecule has 0 spiro atoms. The summed E-state index contributed by atoms with van der Waals surface area (Å²) in [6, 6.07) is 0. The molecule has 0 unspecified atom stereocenters. The normalized spacial score (nSPS) is 10.4. The molecule has 82 valence electrons. The molecular formula is C7H5ClN6O2. The monoisotopic (exact) mass is 240 g/mol. The van der Waals surface area contributed by atoms with Crippen molar-refractivity contribution in [1.29, 1.82) is 0 Å². The summed E-state index contributed by atoms with van der Waals surface area (Å²) in [7, 11) is 1.60. The number of nitrogens with zero attached hydrogens (tertiary/aromatic N) is 6. The lowest BCUT2D eigenvalue weighted by Crippen LogP contribution is -2.01. The molecular weight excluding hydrogens is 236 g/mol. The Labute approximate surface area is 94.0 Å². The van der Waals surface area contributed by atoms with Gasteiger partial charge in [-0.3, -0.25) is 10.1 Å². The standard InChI is InChI=1S/C7H5ClN6O2/c1-13-4(3-10-12-13)6-5(14(15)16)2-9-7(8)11-6/h2-3H,1H3. The van der Waals surface area contributed by atoms with Crippen LogP contribution in [0.1, 0.15) is 0 Å². The number of nitro groups is 1. The first-order chi connectivity index (χ1) is 7.59. The highest BCUT2D eigenvalue weighted by Crippen LogP contribution is 2.26. The Hall–Kier alpha value is -2.09. The second kappa shape index (κ2) is 3.81. The maximum atomic E-state index is 10.8. The van der Waals surface area contributed by atoms with Crippen molar-refractivity contribution in [3.8, 4) is 11.4 Å². The van der Waals surface area contributed by atoms with Gasteiger partial charge in [-0.2, -0.15) is 0 Å². The van der Waals surface area contributed by atoms with Gasteiger partial charge in [-0.15, -0.1) is 5.10 Å². The fourth-order valence-electron chi connectivity index (χ4n) is 1.18. The Morgan fingerprint density at radius 3 is 2.81 bits per heavy atom. The van der Waals surface area contributed by atoms with Crippen LogP contribution in [0.3, 0.4) is 0 Å². The van der Waals surface area contributed by atoms with Crippen molar-refractivity contribution in [2.75, 3.05) is 0 Å². The van der Waals surface area contributed by atoms with E-state index in [9.17, 15) is 10.1 Å². The van der Waals surface area contributed by atoms with Gasteiger partial charge in [0.1, 0.15) is 11.9 Å². The predicted molar refractivity (Wildman–Crippen MR) is 53.7 cm³/mol. The second-order valence-corrected chi connectivity index (χ2v) is 3.21. The van der Waals surface area contributed by atoms with Gasteiger partial charge in [0.15, 0.2) is 5.69 Å². The van der Waals surface area contributed by atoms with E-state index in [0.717, 1.165) is 6.20 Å². The van der Waals surface area contributed by atoms with Crippen molar-refractivity contribution in [1.82, 2.24) is 25.0 Å². The highest BCUT2D eigenvalue weighted by Gasteiger charge is 2.21. The van der Waals surface area contributed by atoms with Crippen LogP contribution in [0, 0.1) is 10.1 Å². The minimum absolute atomic E-state index is 0.0678. The van der Waals surface area contributed by atoms with Crippen molar-refractivity contribution in [2.45, 2.75) is 0 Å². The SMILES string of the molecule is Cn1nncc1-c1nc(Cl)ncc1[N+](=O)[O-]. The van der Waals surface area contributed by atoms with E-state index in [-0.39, 0.29) is 16.7 Å². The molecule has 0 atom stereocenters. The Kier molecular flexibility index (Phi) is 2.49. The van der Waals surface area contributed by atoms with Gasteiger partial charge < -0.3 is 0 Å². The highest BCUT2D eigenvalue weighted by atomic mass is 35.5. The third kappa shape index (κ3) is 1.70. The van der Waals surface area contributed by atoms with Gasteiger partial charge in [0, 0.05) is 7.05 Å². The molecule has 0 aliphatic rings. The van der Waals surface area contributed by atoms with Crippen molar-refractivity contribution >= 4 is 17.3 Å². The number of rotatable bonds is 2. The van der Waals surface area contributed by atoms with Crippen LogP contribution in [-0.4, -0.2) is 29.9 Å². The van der Waals surface area contributed by atoms with Crippen LogP contribution < -0.4 is 0 Å². The Morgan fingerprint density at radius 1 is 1.50 bits per heavy atom. The van der Waals surface area contributed by atoms with Gasteiger partial charge >= 0.3 is 5.69 Å². The van der Waals surface area contributed by atoms with E-state index in [2.05, 4.69) is 20.3 Å². The van der Waals surface area contributed by atoms with E-state index >= 15 is 0 Å². The molecule has 8 nitrogen and oxygen atoms in total. The molecule has 0 aliphatic heterocycles. The number of halogens is 1. The molecule has 2 aromatic heterocycles. The fourth-order valence-corrected chi connectivity index (χ4v) is 1.31.